The molecule has 0 saturated heterocycles. The average molecular weight is 510 g/mol. The molecule has 1 aromatic heterocycles. The first kappa shape index (κ1) is 22.6. The summed E-state index contributed by atoms with van der Waals surface area (Å²) < 4.78 is 7.37. The van der Waals surface area contributed by atoms with Crippen molar-refractivity contribution in [2.75, 3.05) is 6.61 Å². The van der Waals surface area contributed by atoms with Gasteiger partial charge < -0.3 is 4.74 Å². The van der Waals surface area contributed by atoms with E-state index in [2.05, 4.69) is 21.0 Å². The fourth-order valence-corrected chi connectivity index (χ4v) is 4.43. The number of nitrogens with zero attached hydrogens (tertiary/aromatic N) is 5. The lowest BCUT2D eigenvalue weighted by molar-refractivity contribution is -0.385. The molecule has 4 rings (SSSR count). The van der Waals surface area contributed by atoms with E-state index in [9.17, 15) is 14.9 Å². The summed E-state index contributed by atoms with van der Waals surface area (Å²) in [5, 5.41) is 25.1. The lowest BCUT2D eigenvalue weighted by Crippen LogP contribution is -2.25. The maximum absolute atomic E-state index is 13.4. The standard InChI is InChI=1S/C23H20BrN5O4/c24-17-9-10-19-18(13-17)23(30)28(22(27-19)15-5-2-1-3-6-15)26-14-16-7-4-8-20(29(31)32)21(16)33-12-11-25/h4,7-10,13-15H,1-3,5-6,12H2. The van der Waals surface area contributed by atoms with Crippen molar-refractivity contribution in [3.05, 3.63) is 72.7 Å². The predicted molar refractivity (Wildman–Crippen MR) is 127 cm³/mol. The van der Waals surface area contributed by atoms with Gasteiger partial charge in [0, 0.05) is 22.0 Å². The maximum Gasteiger partial charge on any atom is 0.311 e. The molecule has 1 fully saturated rings. The molecule has 33 heavy (non-hydrogen) atoms. The van der Waals surface area contributed by atoms with Crippen molar-refractivity contribution in [2.24, 2.45) is 5.10 Å². The Hall–Kier alpha value is -3.58. The molecule has 1 aliphatic rings. The Morgan fingerprint density at radius 2 is 2.09 bits per heavy atom. The Kier molecular flexibility index (Phi) is 6.79. The second-order valence-corrected chi connectivity index (χ2v) is 8.64. The van der Waals surface area contributed by atoms with Gasteiger partial charge in [-0.2, -0.15) is 15.0 Å². The third-order valence-electron chi connectivity index (χ3n) is 5.62. The van der Waals surface area contributed by atoms with Gasteiger partial charge in [-0.25, -0.2) is 4.98 Å². The number of hydrogen-bond donors (Lipinski definition) is 0. The molecule has 1 heterocycles. The first-order valence-electron chi connectivity index (χ1n) is 10.5. The van der Waals surface area contributed by atoms with Crippen LogP contribution in [0.1, 0.15) is 49.4 Å². The number of aromatic nitrogens is 2. The van der Waals surface area contributed by atoms with E-state index in [1.165, 1.54) is 23.0 Å². The van der Waals surface area contributed by atoms with Crippen LogP contribution in [0.2, 0.25) is 0 Å². The van der Waals surface area contributed by atoms with Gasteiger partial charge in [0.25, 0.3) is 5.56 Å². The number of ether oxygens (including phenoxy) is 1. The number of hydrogen-bond acceptors (Lipinski definition) is 7. The van der Waals surface area contributed by atoms with Gasteiger partial charge in [-0.05, 0) is 37.1 Å². The Bertz CT molecular complexity index is 1340. The third-order valence-corrected chi connectivity index (χ3v) is 6.11. The van der Waals surface area contributed by atoms with Crippen LogP contribution in [-0.4, -0.2) is 27.4 Å². The molecule has 0 spiro atoms. The van der Waals surface area contributed by atoms with Crippen LogP contribution in [0.5, 0.6) is 5.75 Å². The number of halogens is 1. The minimum absolute atomic E-state index is 0.0726. The summed E-state index contributed by atoms with van der Waals surface area (Å²) in [5.41, 5.74) is 0.288. The molecule has 0 radical (unpaired) electrons. The monoisotopic (exact) mass is 509 g/mol. The molecule has 1 aliphatic carbocycles. The Morgan fingerprint density at radius 3 is 2.82 bits per heavy atom. The van der Waals surface area contributed by atoms with E-state index in [4.69, 9.17) is 15.0 Å². The van der Waals surface area contributed by atoms with E-state index in [-0.39, 0.29) is 35.1 Å². The number of para-hydroxylation sites is 1. The number of nitriles is 1. The molecule has 0 unspecified atom stereocenters. The Balaban J connectivity index is 1.87. The van der Waals surface area contributed by atoms with Crippen LogP contribution >= 0.6 is 15.9 Å². The summed E-state index contributed by atoms with van der Waals surface area (Å²) in [4.78, 5) is 29.0. The molecule has 0 bridgehead atoms. The minimum Gasteiger partial charge on any atom is -0.471 e. The van der Waals surface area contributed by atoms with Gasteiger partial charge in [0.2, 0.25) is 5.75 Å². The summed E-state index contributed by atoms with van der Waals surface area (Å²) >= 11 is 3.40. The van der Waals surface area contributed by atoms with Crippen molar-refractivity contribution < 1.29 is 9.66 Å². The van der Waals surface area contributed by atoms with E-state index >= 15 is 0 Å². The van der Waals surface area contributed by atoms with Crippen molar-refractivity contribution >= 4 is 38.7 Å². The highest BCUT2D eigenvalue weighted by atomic mass is 79.9. The summed E-state index contributed by atoms with van der Waals surface area (Å²) in [5.74, 6) is 0.600. The highest BCUT2D eigenvalue weighted by molar-refractivity contribution is 9.10. The van der Waals surface area contributed by atoms with Gasteiger partial charge >= 0.3 is 5.69 Å². The molecule has 3 aromatic rings. The van der Waals surface area contributed by atoms with E-state index in [0.29, 0.717) is 16.7 Å². The second-order valence-electron chi connectivity index (χ2n) is 7.73. The van der Waals surface area contributed by atoms with Crippen LogP contribution in [0.25, 0.3) is 10.9 Å². The van der Waals surface area contributed by atoms with Crippen molar-refractivity contribution in [3.63, 3.8) is 0 Å². The largest absolute Gasteiger partial charge is 0.471 e. The predicted octanol–water partition coefficient (Wildman–Crippen LogP) is 4.90. The summed E-state index contributed by atoms with van der Waals surface area (Å²) in [7, 11) is 0. The quantitative estimate of drug-likeness (QED) is 0.264. The molecule has 9 nitrogen and oxygen atoms in total. The third kappa shape index (κ3) is 4.78. The van der Waals surface area contributed by atoms with Gasteiger partial charge in [0.15, 0.2) is 6.61 Å². The van der Waals surface area contributed by atoms with E-state index in [0.717, 1.165) is 36.6 Å². The molecule has 10 heteroatoms. The first-order valence-corrected chi connectivity index (χ1v) is 11.3. The number of benzene rings is 2. The van der Waals surface area contributed by atoms with Gasteiger partial charge in [-0.3, -0.25) is 14.9 Å². The normalized spacial score (nSPS) is 14.4. The molecule has 0 N–H and O–H groups in total. The van der Waals surface area contributed by atoms with Crippen molar-refractivity contribution in [1.82, 2.24) is 9.66 Å². The molecular formula is C23H20BrN5O4. The highest BCUT2D eigenvalue weighted by Gasteiger charge is 2.23. The summed E-state index contributed by atoms with van der Waals surface area (Å²) in [6.45, 7) is -0.357. The molecule has 2 aromatic carbocycles. The number of nitro groups is 1. The van der Waals surface area contributed by atoms with E-state index < -0.39 is 4.92 Å². The fourth-order valence-electron chi connectivity index (χ4n) is 4.07. The Labute approximate surface area is 197 Å². The molecule has 0 amide bonds. The Morgan fingerprint density at radius 1 is 1.30 bits per heavy atom. The van der Waals surface area contributed by atoms with Crippen LogP contribution < -0.4 is 10.3 Å². The zero-order valence-corrected chi connectivity index (χ0v) is 19.2. The maximum atomic E-state index is 13.4. The molecule has 0 aliphatic heterocycles. The van der Waals surface area contributed by atoms with Crippen LogP contribution in [0.15, 0.2) is 50.8 Å². The molecule has 0 atom stereocenters. The van der Waals surface area contributed by atoms with Crippen LogP contribution in [0.3, 0.4) is 0 Å². The molecule has 1 saturated carbocycles. The molecular weight excluding hydrogens is 490 g/mol. The average Bonchev–Trinajstić information content (AvgIpc) is 2.83. The van der Waals surface area contributed by atoms with Gasteiger partial charge in [0.05, 0.1) is 22.0 Å². The number of fused-ring (bicyclic) bond motifs is 1. The van der Waals surface area contributed by atoms with E-state index in [1.54, 1.807) is 18.2 Å². The topological polar surface area (TPSA) is 123 Å². The number of nitro benzene ring substituents is 1. The van der Waals surface area contributed by atoms with Gasteiger partial charge in [-0.1, -0.05) is 41.3 Å². The number of rotatable bonds is 6. The van der Waals surface area contributed by atoms with Crippen LogP contribution in [0.4, 0.5) is 5.69 Å². The van der Waals surface area contributed by atoms with Crippen LogP contribution in [-0.2, 0) is 0 Å². The SMILES string of the molecule is N#CCOc1c(C=Nn2c(C3CCCCC3)nc3ccc(Br)cc3c2=O)cccc1[N+](=O)[O-]. The first-order chi connectivity index (χ1) is 16.0. The van der Waals surface area contributed by atoms with Crippen molar-refractivity contribution in [3.8, 4) is 11.8 Å². The lowest BCUT2D eigenvalue weighted by Gasteiger charge is -2.22. The summed E-state index contributed by atoms with van der Waals surface area (Å²) in [6, 6.07) is 11.5. The second kappa shape index (κ2) is 9.92. The molecule has 168 valence electrons. The highest BCUT2D eigenvalue weighted by Crippen LogP contribution is 2.33. The lowest BCUT2D eigenvalue weighted by atomic mass is 9.88. The van der Waals surface area contributed by atoms with E-state index in [1.807, 2.05) is 12.1 Å². The van der Waals surface area contributed by atoms with Gasteiger partial charge in [-0.15, -0.1) is 0 Å². The fraction of sp³-hybridized carbons (Fsp3) is 0.304. The zero-order valence-electron chi connectivity index (χ0n) is 17.6. The zero-order chi connectivity index (χ0) is 23.4. The van der Waals surface area contributed by atoms with Crippen molar-refractivity contribution in [1.29, 1.82) is 5.26 Å². The van der Waals surface area contributed by atoms with Gasteiger partial charge in [0.1, 0.15) is 11.9 Å². The van der Waals surface area contributed by atoms with Crippen LogP contribution in [0, 0.1) is 21.4 Å². The summed E-state index contributed by atoms with van der Waals surface area (Å²) in [6.07, 6.45) is 6.44. The smallest absolute Gasteiger partial charge is 0.311 e. The minimum atomic E-state index is -0.585. The van der Waals surface area contributed by atoms with Crippen molar-refractivity contribution in [2.45, 2.75) is 38.0 Å².